The summed E-state index contributed by atoms with van der Waals surface area (Å²) in [5.41, 5.74) is 1.89. The smallest absolute Gasteiger partial charge is 0.280 e. The van der Waals surface area contributed by atoms with Gasteiger partial charge in [-0.2, -0.15) is 4.98 Å². The molecule has 6 rings (SSSR count). The van der Waals surface area contributed by atoms with Gasteiger partial charge in [0.1, 0.15) is 18.0 Å². The molecule has 0 amide bonds. The minimum atomic E-state index is -0.272. The highest BCUT2D eigenvalue weighted by molar-refractivity contribution is 5.94. The molecule has 1 saturated carbocycles. The average Bonchev–Trinajstić information content (AvgIpc) is 3.30. The van der Waals surface area contributed by atoms with Crippen LogP contribution in [-0.2, 0) is 0 Å². The second kappa shape index (κ2) is 6.48. The number of hydrogen-bond donors (Lipinski definition) is 0. The Labute approximate surface area is 172 Å². The molecule has 7 nitrogen and oxygen atoms in total. The Balaban J connectivity index is 1.61. The van der Waals surface area contributed by atoms with Crippen molar-refractivity contribution in [2.24, 2.45) is 0 Å². The van der Waals surface area contributed by atoms with Gasteiger partial charge in [-0.05, 0) is 58.1 Å². The summed E-state index contributed by atoms with van der Waals surface area (Å²) in [5, 5.41) is 4.65. The number of benzene rings is 1. The lowest BCUT2D eigenvalue weighted by atomic mass is 9.97. The van der Waals surface area contributed by atoms with E-state index in [0.717, 1.165) is 37.0 Å². The number of fused-ring (bicyclic) bond motifs is 3. The minimum absolute atomic E-state index is 0.272. The average molecular weight is 406 g/mol. The lowest BCUT2D eigenvalue weighted by Gasteiger charge is -2.40. The first kappa shape index (κ1) is 17.8. The van der Waals surface area contributed by atoms with Gasteiger partial charge in [0.2, 0.25) is 0 Å². The Morgan fingerprint density at radius 2 is 1.87 bits per heavy atom. The van der Waals surface area contributed by atoms with Crippen molar-refractivity contribution in [3.8, 4) is 11.6 Å². The van der Waals surface area contributed by atoms with Crippen molar-refractivity contribution in [2.75, 3.05) is 4.90 Å². The first-order chi connectivity index (χ1) is 14.6. The van der Waals surface area contributed by atoms with Crippen LogP contribution in [0.25, 0.3) is 28.1 Å². The fourth-order valence-corrected chi connectivity index (χ4v) is 4.73. The van der Waals surface area contributed by atoms with Gasteiger partial charge in [-0.25, -0.2) is 14.4 Å². The third-order valence-corrected chi connectivity index (χ3v) is 6.45. The monoisotopic (exact) mass is 406 g/mol. The first-order valence-corrected chi connectivity index (χ1v) is 10.7. The zero-order chi connectivity index (χ0) is 20.4. The molecule has 2 unspecified atom stereocenters. The Morgan fingerprint density at radius 3 is 2.63 bits per heavy atom. The molecule has 1 aliphatic heterocycles. The molecule has 0 spiro atoms. The largest absolute Gasteiger partial charge is 0.350 e. The summed E-state index contributed by atoms with van der Waals surface area (Å²) in [6.07, 6.45) is 7.15. The van der Waals surface area contributed by atoms with Gasteiger partial charge in [-0.1, -0.05) is 11.2 Å². The van der Waals surface area contributed by atoms with Crippen LogP contribution in [0.2, 0.25) is 0 Å². The maximum Gasteiger partial charge on any atom is 0.280 e. The summed E-state index contributed by atoms with van der Waals surface area (Å²) in [6, 6.07) is 5.69. The standard InChI is InChI=1S/C22H23FN6O/c1-12-5-3-6-13(2)29(12)20-17-15(23)7-4-8-16(17)28-11-24-18(21(28)26-20)22-25-19(27-30-22)14-9-10-14/h4,7-8,11-14H,3,5-6,9-10H2,1-2H3. The molecule has 4 heterocycles. The van der Waals surface area contributed by atoms with Crippen molar-refractivity contribution in [1.82, 2.24) is 24.5 Å². The van der Waals surface area contributed by atoms with Crippen LogP contribution in [0.3, 0.4) is 0 Å². The normalized spacial score (nSPS) is 22.3. The number of rotatable bonds is 3. The minimum Gasteiger partial charge on any atom is -0.350 e. The third kappa shape index (κ3) is 2.62. The highest BCUT2D eigenvalue weighted by Gasteiger charge is 2.32. The number of imidazole rings is 1. The van der Waals surface area contributed by atoms with Gasteiger partial charge in [-0.3, -0.25) is 4.40 Å². The quantitative estimate of drug-likeness (QED) is 0.490. The van der Waals surface area contributed by atoms with E-state index in [4.69, 9.17) is 9.51 Å². The Kier molecular flexibility index (Phi) is 3.85. The van der Waals surface area contributed by atoms with E-state index in [0.29, 0.717) is 34.4 Å². The first-order valence-electron chi connectivity index (χ1n) is 10.7. The van der Waals surface area contributed by atoms with Crippen molar-refractivity contribution in [3.05, 3.63) is 36.2 Å². The zero-order valence-electron chi connectivity index (χ0n) is 17.0. The summed E-state index contributed by atoms with van der Waals surface area (Å²) in [5.74, 6) is 1.89. The molecule has 154 valence electrons. The van der Waals surface area contributed by atoms with Crippen molar-refractivity contribution in [3.63, 3.8) is 0 Å². The van der Waals surface area contributed by atoms with Gasteiger partial charge in [-0.15, -0.1) is 0 Å². The van der Waals surface area contributed by atoms with E-state index in [9.17, 15) is 0 Å². The highest BCUT2D eigenvalue weighted by atomic mass is 19.1. The van der Waals surface area contributed by atoms with Crippen molar-refractivity contribution in [2.45, 2.75) is 64.0 Å². The Hall–Kier alpha value is -3.03. The van der Waals surface area contributed by atoms with E-state index in [1.807, 2.05) is 10.5 Å². The lowest BCUT2D eigenvalue weighted by Crippen LogP contribution is -2.44. The molecular formula is C22H23FN6O. The van der Waals surface area contributed by atoms with Crippen LogP contribution < -0.4 is 4.90 Å². The van der Waals surface area contributed by atoms with E-state index >= 15 is 4.39 Å². The molecule has 30 heavy (non-hydrogen) atoms. The molecule has 2 aliphatic rings. The summed E-state index contributed by atoms with van der Waals surface area (Å²) in [6.45, 7) is 4.37. The molecule has 3 aromatic heterocycles. The number of anilines is 1. The van der Waals surface area contributed by atoms with Crippen molar-refractivity contribution < 1.29 is 8.91 Å². The van der Waals surface area contributed by atoms with Crippen molar-refractivity contribution >= 4 is 22.4 Å². The lowest BCUT2D eigenvalue weighted by molar-refractivity contribution is 0.412. The predicted octanol–water partition coefficient (Wildman–Crippen LogP) is 4.72. The van der Waals surface area contributed by atoms with Crippen LogP contribution in [0.4, 0.5) is 10.2 Å². The van der Waals surface area contributed by atoms with E-state index in [1.54, 1.807) is 12.4 Å². The van der Waals surface area contributed by atoms with E-state index in [2.05, 4.69) is 33.9 Å². The summed E-state index contributed by atoms with van der Waals surface area (Å²) in [7, 11) is 0. The van der Waals surface area contributed by atoms with Crippen LogP contribution in [0.5, 0.6) is 0 Å². The maximum atomic E-state index is 15.1. The fourth-order valence-electron chi connectivity index (χ4n) is 4.73. The number of piperidine rings is 1. The molecule has 0 radical (unpaired) electrons. The SMILES string of the molecule is CC1CCCC(C)N1c1nc2c(-c3nc(C4CC4)no3)ncn2c2cccc(F)c12. The molecule has 1 aromatic carbocycles. The van der Waals surface area contributed by atoms with Crippen LogP contribution in [0.15, 0.2) is 29.0 Å². The number of hydrogen-bond acceptors (Lipinski definition) is 6. The topological polar surface area (TPSA) is 72.3 Å². The molecule has 1 aliphatic carbocycles. The number of halogens is 1. The van der Waals surface area contributed by atoms with Crippen LogP contribution in [-0.4, -0.2) is 36.6 Å². The predicted molar refractivity (Wildman–Crippen MR) is 111 cm³/mol. The zero-order valence-corrected chi connectivity index (χ0v) is 17.0. The van der Waals surface area contributed by atoms with Crippen molar-refractivity contribution in [1.29, 1.82) is 0 Å². The number of aromatic nitrogens is 5. The summed E-state index contributed by atoms with van der Waals surface area (Å²) < 4.78 is 22.4. The summed E-state index contributed by atoms with van der Waals surface area (Å²) >= 11 is 0. The van der Waals surface area contributed by atoms with Gasteiger partial charge in [0.15, 0.2) is 17.2 Å². The maximum absolute atomic E-state index is 15.1. The molecule has 0 N–H and O–H groups in total. The van der Waals surface area contributed by atoms with Gasteiger partial charge >= 0.3 is 0 Å². The van der Waals surface area contributed by atoms with Crippen LogP contribution >= 0.6 is 0 Å². The Bertz CT molecular complexity index is 1250. The third-order valence-electron chi connectivity index (χ3n) is 6.45. The molecule has 1 saturated heterocycles. The molecule has 2 fully saturated rings. The van der Waals surface area contributed by atoms with Crippen LogP contribution in [0, 0.1) is 5.82 Å². The molecular weight excluding hydrogens is 383 g/mol. The van der Waals surface area contributed by atoms with Gasteiger partial charge in [0.05, 0.1) is 10.9 Å². The van der Waals surface area contributed by atoms with Crippen LogP contribution in [0.1, 0.15) is 57.7 Å². The summed E-state index contributed by atoms with van der Waals surface area (Å²) in [4.78, 5) is 16.3. The molecule has 4 aromatic rings. The van der Waals surface area contributed by atoms with E-state index in [1.165, 1.54) is 12.5 Å². The number of nitrogens with zero attached hydrogens (tertiary/aromatic N) is 6. The second-order valence-corrected chi connectivity index (χ2v) is 8.62. The van der Waals surface area contributed by atoms with E-state index < -0.39 is 0 Å². The van der Waals surface area contributed by atoms with Gasteiger partial charge < -0.3 is 9.42 Å². The molecule has 0 bridgehead atoms. The highest BCUT2D eigenvalue weighted by Crippen LogP contribution is 2.40. The molecule has 8 heteroatoms. The Morgan fingerprint density at radius 1 is 1.07 bits per heavy atom. The van der Waals surface area contributed by atoms with Gasteiger partial charge in [0, 0.05) is 18.0 Å². The van der Waals surface area contributed by atoms with Gasteiger partial charge in [0.25, 0.3) is 5.89 Å². The fraction of sp³-hybridized carbons (Fsp3) is 0.455. The molecule has 2 atom stereocenters. The second-order valence-electron chi connectivity index (χ2n) is 8.62. The van der Waals surface area contributed by atoms with E-state index in [-0.39, 0.29) is 17.9 Å².